The highest BCUT2D eigenvalue weighted by atomic mass is 16.5. The normalized spacial score (nSPS) is 16.1. The highest BCUT2D eigenvalue weighted by Crippen LogP contribution is 2.31. The Labute approximate surface area is 122 Å². The van der Waals surface area contributed by atoms with Crippen molar-refractivity contribution in [1.29, 1.82) is 0 Å². The predicted octanol–water partition coefficient (Wildman–Crippen LogP) is 4.91. The number of benzene rings is 1. The van der Waals surface area contributed by atoms with E-state index in [-0.39, 0.29) is 6.04 Å². The van der Waals surface area contributed by atoms with Gasteiger partial charge in [-0.05, 0) is 57.2 Å². The van der Waals surface area contributed by atoms with E-state index in [1.165, 1.54) is 18.4 Å². The molecule has 2 heteroatoms. The van der Waals surface area contributed by atoms with Crippen LogP contribution in [0.2, 0.25) is 0 Å². The second-order valence-electron chi connectivity index (χ2n) is 5.63. The van der Waals surface area contributed by atoms with Crippen LogP contribution in [0.4, 0.5) is 0 Å². The van der Waals surface area contributed by atoms with Gasteiger partial charge in [-0.1, -0.05) is 24.8 Å². The predicted molar refractivity (Wildman–Crippen MR) is 84.5 cm³/mol. The molecule has 0 radical (unpaired) electrons. The first-order valence-corrected chi connectivity index (χ1v) is 7.41. The summed E-state index contributed by atoms with van der Waals surface area (Å²) >= 11 is 0. The number of hydrogen-bond donors (Lipinski definition) is 0. The zero-order valence-electron chi connectivity index (χ0n) is 12.8. The second kappa shape index (κ2) is 6.65. The number of hydrogen-bond acceptors (Lipinski definition) is 2. The third-order valence-electron chi connectivity index (χ3n) is 3.69. The molecule has 108 valence electrons. The standard InChI is InChI=1S/C18H25NO/c1-5-11-19(14(2)3)15(4)17-7-6-8-18(12-17)20-13-16-9-10-16/h5-8,11-12,15-16H,2,9-10,13H2,1,3-4H3/b11-5-. The first kappa shape index (κ1) is 14.7. The van der Waals surface area contributed by atoms with Crippen LogP contribution in [-0.2, 0) is 0 Å². The zero-order chi connectivity index (χ0) is 14.5. The molecular weight excluding hydrogens is 246 g/mol. The molecule has 1 aliphatic rings. The topological polar surface area (TPSA) is 12.5 Å². The van der Waals surface area contributed by atoms with Gasteiger partial charge in [0.05, 0.1) is 12.6 Å². The molecule has 2 nitrogen and oxygen atoms in total. The molecule has 1 saturated carbocycles. The number of nitrogens with zero attached hydrogens (tertiary/aromatic N) is 1. The van der Waals surface area contributed by atoms with Crippen molar-refractivity contribution in [1.82, 2.24) is 4.90 Å². The third kappa shape index (κ3) is 3.89. The molecule has 0 aliphatic heterocycles. The average Bonchev–Trinajstić information content (AvgIpc) is 3.26. The fourth-order valence-corrected chi connectivity index (χ4v) is 2.27. The molecule has 0 N–H and O–H groups in total. The number of ether oxygens (including phenoxy) is 1. The third-order valence-corrected chi connectivity index (χ3v) is 3.69. The smallest absolute Gasteiger partial charge is 0.119 e. The summed E-state index contributed by atoms with van der Waals surface area (Å²) in [5.41, 5.74) is 2.29. The molecule has 0 heterocycles. The van der Waals surface area contributed by atoms with Gasteiger partial charge in [-0.15, -0.1) is 0 Å². The van der Waals surface area contributed by atoms with Crippen LogP contribution in [0.5, 0.6) is 5.75 Å². The second-order valence-corrected chi connectivity index (χ2v) is 5.63. The summed E-state index contributed by atoms with van der Waals surface area (Å²) in [4.78, 5) is 2.18. The van der Waals surface area contributed by atoms with Crippen molar-refractivity contribution < 1.29 is 4.74 Å². The van der Waals surface area contributed by atoms with E-state index < -0.39 is 0 Å². The molecule has 0 amide bonds. The molecule has 20 heavy (non-hydrogen) atoms. The van der Waals surface area contributed by atoms with Crippen molar-refractivity contribution >= 4 is 0 Å². The van der Waals surface area contributed by atoms with Crippen LogP contribution in [-0.4, -0.2) is 11.5 Å². The Balaban J connectivity index is 2.09. The van der Waals surface area contributed by atoms with E-state index in [0.29, 0.717) is 0 Å². The summed E-state index contributed by atoms with van der Waals surface area (Å²) in [6.07, 6.45) is 6.75. The monoisotopic (exact) mass is 271 g/mol. The van der Waals surface area contributed by atoms with E-state index >= 15 is 0 Å². The van der Waals surface area contributed by atoms with Crippen LogP contribution in [0.15, 0.2) is 48.8 Å². The lowest BCUT2D eigenvalue weighted by Gasteiger charge is -2.28. The SMILES string of the molecule is C=C(C)N(/C=C\C)C(C)c1cccc(OCC2CC2)c1. The van der Waals surface area contributed by atoms with Gasteiger partial charge in [-0.3, -0.25) is 0 Å². The van der Waals surface area contributed by atoms with Crippen molar-refractivity contribution in [2.45, 2.75) is 39.7 Å². The lowest BCUT2D eigenvalue weighted by Crippen LogP contribution is -2.18. The van der Waals surface area contributed by atoms with E-state index in [1.807, 2.05) is 26.0 Å². The minimum Gasteiger partial charge on any atom is -0.493 e. The summed E-state index contributed by atoms with van der Waals surface area (Å²) in [6, 6.07) is 8.66. The Kier molecular flexibility index (Phi) is 4.89. The molecule has 1 atom stereocenters. The van der Waals surface area contributed by atoms with E-state index in [0.717, 1.165) is 24.0 Å². The van der Waals surface area contributed by atoms with Gasteiger partial charge in [0.15, 0.2) is 0 Å². The van der Waals surface area contributed by atoms with Crippen molar-refractivity contribution in [3.05, 3.63) is 54.4 Å². The van der Waals surface area contributed by atoms with Gasteiger partial charge < -0.3 is 9.64 Å². The lowest BCUT2D eigenvalue weighted by molar-refractivity contribution is 0.298. The van der Waals surface area contributed by atoms with E-state index in [4.69, 9.17) is 4.74 Å². The van der Waals surface area contributed by atoms with Crippen LogP contribution in [0, 0.1) is 5.92 Å². The van der Waals surface area contributed by atoms with Crippen LogP contribution in [0.3, 0.4) is 0 Å². The van der Waals surface area contributed by atoms with Crippen molar-refractivity contribution in [3.63, 3.8) is 0 Å². The first-order chi connectivity index (χ1) is 9.61. The maximum Gasteiger partial charge on any atom is 0.119 e. The zero-order valence-corrected chi connectivity index (χ0v) is 12.8. The van der Waals surface area contributed by atoms with Gasteiger partial charge >= 0.3 is 0 Å². The van der Waals surface area contributed by atoms with Gasteiger partial charge in [0.2, 0.25) is 0 Å². The van der Waals surface area contributed by atoms with Gasteiger partial charge in [-0.2, -0.15) is 0 Å². The van der Waals surface area contributed by atoms with Crippen LogP contribution < -0.4 is 4.74 Å². The lowest BCUT2D eigenvalue weighted by atomic mass is 10.1. The Hall–Kier alpha value is -1.70. The summed E-state index contributed by atoms with van der Waals surface area (Å²) in [5.74, 6) is 1.76. The van der Waals surface area contributed by atoms with Crippen molar-refractivity contribution in [2.75, 3.05) is 6.61 Å². The molecule has 1 aromatic rings. The minimum absolute atomic E-state index is 0.258. The highest BCUT2D eigenvalue weighted by Gasteiger charge is 2.22. The highest BCUT2D eigenvalue weighted by molar-refractivity contribution is 5.31. The Morgan fingerprint density at radius 3 is 2.85 bits per heavy atom. The molecule has 0 saturated heterocycles. The maximum atomic E-state index is 5.86. The number of allylic oxidation sites excluding steroid dienone is 2. The van der Waals surface area contributed by atoms with Gasteiger partial charge in [0.25, 0.3) is 0 Å². The summed E-state index contributed by atoms with van der Waals surface area (Å²) in [6.45, 7) is 11.2. The molecule has 0 bridgehead atoms. The molecule has 1 fully saturated rings. The Morgan fingerprint density at radius 1 is 1.50 bits per heavy atom. The van der Waals surface area contributed by atoms with Gasteiger partial charge in [-0.25, -0.2) is 0 Å². The molecule has 2 rings (SSSR count). The van der Waals surface area contributed by atoms with Crippen LogP contribution >= 0.6 is 0 Å². The summed E-state index contributed by atoms with van der Waals surface area (Å²) in [7, 11) is 0. The van der Waals surface area contributed by atoms with Crippen molar-refractivity contribution in [2.24, 2.45) is 5.92 Å². The molecule has 0 spiro atoms. The van der Waals surface area contributed by atoms with E-state index in [1.54, 1.807) is 0 Å². The van der Waals surface area contributed by atoms with E-state index in [2.05, 4.69) is 42.8 Å². The van der Waals surface area contributed by atoms with Gasteiger partial charge in [0, 0.05) is 11.9 Å². The average molecular weight is 271 g/mol. The quantitative estimate of drug-likeness (QED) is 0.699. The molecular formula is C18H25NO. The fourth-order valence-electron chi connectivity index (χ4n) is 2.27. The molecule has 1 aliphatic carbocycles. The molecule has 0 aromatic heterocycles. The minimum atomic E-state index is 0.258. The largest absolute Gasteiger partial charge is 0.493 e. The van der Waals surface area contributed by atoms with Crippen molar-refractivity contribution in [3.8, 4) is 5.75 Å². The first-order valence-electron chi connectivity index (χ1n) is 7.41. The summed E-state index contributed by atoms with van der Waals surface area (Å²) in [5, 5.41) is 0. The maximum absolute atomic E-state index is 5.86. The fraction of sp³-hybridized carbons (Fsp3) is 0.444. The van der Waals surface area contributed by atoms with Crippen LogP contribution in [0.1, 0.15) is 45.2 Å². The van der Waals surface area contributed by atoms with E-state index in [9.17, 15) is 0 Å². The Bertz CT molecular complexity index is 488. The van der Waals surface area contributed by atoms with Crippen LogP contribution in [0.25, 0.3) is 0 Å². The Morgan fingerprint density at radius 2 is 2.25 bits per heavy atom. The summed E-state index contributed by atoms with van der Waals surface area (Å²) < 4.78 is 5.86. The molecule has 1 aromatic carbocycles. The van der Waals surface area contributed by atoms with Gasteiger partial charge in [0.1, 0.15) is 5.75 Å². The number of rotatable bonds is 7. The molecule has 1 unspecified atom stereocenters.